The molecule has 1 atom stereocenters. The highest BCUT2D eigenvalue weighted by Gasteiger charge is 2.28. The normalized spacial score (nSPS) is 22.1. The van der Waals surface area contributed by atoms with Crippen LogP contribution in [0.4, 0.5) is 0 Å². The third-order valence-electron chi connectivity index (χ3n) is 5.49. The van der Waals surface area contributed by atoms with Gasteiger partial charge in [-0.25, -0.2) is 0 Å². The van der Waals surface area contributed by atoms with Gasteiger partial charge in [0.1, 0.15) is 5.58 Å². The van der Waals surface area contributed by atoms with E-state index in [-0.39, 0.29) is 12.0 Å². The Bertz CT molecular complexity index is 810. The van der Waals surface area contributed by atoms with Crippen molar-refractivity contribution in [3.63, 3.8) is 0 Å². The molecule has 0 aliphatic carbocycles. The molecule has 1 amide bonds. The van der Waals surface area contributed by atoms with Gasteiger partial charge in [-0.05, 0) is 31.9 Å². The molecule has 27 heavy (non-hydrogen) atoms. The lowest BCUT2D eigenvalue weighted by Gasteiger charge is -2.31. The molecule has 6 nitrogen and oxygen atoms in total. The summed E-state index contributed by atoms with van der Waals surface area (Å²) in [5, 5.41) is 1.01. The molecule has 0 unspecified atom stereocenters. The topological polar surface area (TPSA) is 55.2 Å². The summed E-state index contributed by atoms with van der Waals surface area (Å²) in [4.78, 5) is 17.5. The maximum Gasteiger partial charge on any atom is 0.289 e. The summed E-state index contributed by atoms with van der Waals surface area (Å²) in [6, 6.07) is 6.08. The van der Waals surface area contributed by atoms with Crippen LogP contribution < -0.4 is 0 Å². The minimum atomic E-state index is -0.0289. The monoisotopic (exact) mass is 372 g/mol. The Kier molecular flexibility index (Phi) is 5.48. The van der Waals surface area contributed by atoms with Crippen molar-refractivity contribution in [1.82, 2.24) is 9.80 Å². The Balaban J connectivity index is 1.50. The van der Waals surface area contributed by atoms with Crippen molar-refractivity contribution in [1.29, 1.82) is 0 Å². The molecule has 0 N–H and O–H groups in total. The molecule has 0 saturated carbocycles. The predicted molar refractivity (Wildman–Crippen MR) is 103 cm³/mol. The van der Waals surface area contributed by atoms with Crippen LogP contribution >= 0.6 is 0 Å². The Morgan fingerprint density at radius 3 is 2.78 bits per heavy atom. The van der Waals surface area contributed by atoms with Crippen LogP contribution in [0.25, 0.3) is 11.0 Å². The molecule has 1 aromatic heterocycles. The number of furan rings is 1. The van der Waals surface area contributed by atoms with Crippen molar-refractivity contribution in [2.75, 3.05) is 52.5 Å². The van der Waals surface area contributed by atoms with Crippen molar-refractivity contribution >= 4 is 16.9 Å². The first-order chi connectivity index (χ1) is 13.1. The van der Waals surface area contributed by atoms with Gasteiger partial charge >= 0.3 is 0 Å². The summed E-state index contributed by atoms with van der Waals surface area (Å²) in [6.45, 7) is 10.2. The third kappa shape index (κ3) is 4.03. The van der Waals surface area contributed by atoms with E-state index in [9.17, 15) is 4.79 Å². The number of nitrogens with zero attached hydrogens (tertiary/aromatic N) is 2. The van der Waals surface area contributed by atoms with Crippen LogP contribution in [0.15, 0.2) is 22.6 Å². The molecule has 2 saturated heterocycles. The van der Waals surface area contributed by atoms with Crippen LogP contribution in [0.1, 0.15) is 28.1 Å². The van der Waals surface area contributed by atoms with E-state index in [1.54, 1.807) is 0 Å². The summed E-state index contributed by atoms with van der Waals surface area (Å²) in [6.07, 6.45) is 0.880. The van der Waals surface area contributed by atoms with Crippen molar-refractivity contribution in [2.45, 2.75) is 26.4 Å². The molecule has 2 aromatic rings. The molecule has 2 aliphatic heterocycles. The van der Waals surface area contributed by atoms with E-state index >= 15 is 0 Å². The molecule has 0 radical (unpaired) electrons. The molecule has 1 aromatic carbocycles. The number of morpholine rings is 1. The first-order valence-electron chi connectivity index (χ1n) is 9.82. The maximum atomic E-state index is 13.2. The van der Waals surface area contributed by atoms with Crippen molar-refractivity contribution in [3.05, 3.63) is 35.1 Å². The lowest BCUT2D eigenvalue weighted by Crippen LogP contribution is -2.45. The molecule has 0 spiro atoms. The highest BCUT2D eigenvalue weighted by atomic mass is 16.5. The maximum absolute atomic E-state index is 13.2. The number of aryl methyl sites for hydroxylation is 2. The van der Waals surface area contributed by atoms with Crippen molar-refractivity contribution in [3.8, 4) is 0 Å². The predicted octanol–water partition coefficient (Wildman–Crippen LogP) is 2.61. The number of carbonyl (C=O) groups excluding carboxylic acids is 1. The van der Waals surface area contributed by atoms with Gasteiger partial charge in [0, 0.05) is 50.3 Å². The van der Waals surface area contributed by atoms with Crippen LogP contribution in [0.2, 0.25) is 0 Å². The van der Waals surface area contributed by atoms with E-state index in [1.165, 1.54) is 0 Å². The van der Waals surface area contributed by atoms with Crippen LogP contribution in [-0.2, 0) is 9.47 Å². The summed E-state index contributed by atoms with van der Waals surface area (Å²) >= 11 is 0. The standard InChI is InChI=1S/C21H28N2O4/c1-15-4-5-18-16(2)20(27-19(18)12-15)21(24)23-6-3-9-26-17(14-23)13-22-7-10-25-11-8-22/h4-5,12,17H,3,6-11,13-14H2,1-2H3/t17-/m1/s1. The van der Waals surface area contributed by atoms with Gasteiger partial charge in [0.25, 0.3) is 5.91 Å². The lowest BCUT2D eigenvalue weighted by molar-refractivity contribution is -0.0113. The van der Waals surface area contributed by atoms with Gasteiger partial charge in [-0.2, -0.15) is 0 Å². The van der Waals surface area contributed by atoms with E-state index in [1.807, 2.05) is 30.9 Å². The van der Waals surface area contributed by atoms with Gasteiger partial charge in [0.2, 0.25) is 0 Å². The lowest BCUT2D eigenvalue weighted by atomic mass is 10.1. The van der Waals surface area contributed by atoms with Gasteiger partial charge < -0.3 is 18.8 Å². The van der Waals surface area contributed by atoms with Crippen LogP contribution in [0.5, 0.6) is 0 Å². The number of amides is 1. The molecule has 146 valence electrons. The zero-order valence-electron chi connectivity index (χ0n) is 16.2. The second-order valence-electron chi connectivity index (χ2n) is 7.57. The van der Waals surface area contributed by atoms with E-state index in [0.29, 0.717) is 25.5 Å². The molecule has 2 aliphatic rings. The number of ether oxygens (including phenoxy) is 2. The fourth-order valence-electron chi connectivity index (χ4n) is 3.94. The van der Waals surface area contributed by atoms with Crippen molar-refractivity contribution in [2.24, 2.45) is 0 Å². The number of rotatable bonds is 3. The zero-order chi connectivity index (χ0) is 18.8. The number of fused-ring (bicyclic) bond motifs is 1. The largest absolute Gasteiger partial charge is 0.451 e. The summed E-state index contributed by atoms with van der Waals surface area (Å²) in [7, 11) is 0. The average Bonchev–Trinajstić information content (AvgIpc) is 2.84. The Hall–Kier alpha value is -1.89. The first-order valence-corrected chi connectivity index (χ1v) is 9.82. The third-order valence-corrected chi connectivity index (χ3v) is 5.49. The second kappa shape index (κ2) is 8.00. The van der Waals surface area contributed by atoms with Gasteiger partial charge in [0.05, 0.1) is 19.3 Å². The smallest absolute Gasteiger partial charge is 0.289 e. The summed E-state index contributed by atoms with van der Waals surface area (Å²) in [5.41, 5.74) is 2.83. The summed E-state index contributed by atoms with van der Waals surface area (Å²) in [5.74, 6) is 0.432. The number of hydrogen-bond donors (Lipinski definition) is 0. The molecule has 4 rings (SSSR count). The van der Waals surface area contributed by atoms with Crippen LogP contribution in [0.3, 0.4) is 0 Å². The minimum absolute atomic E-state index is 0.0289. The number of benzene rings is 1. The average molecular weight is 372 g/mol. The number of hydrogen-bond acceptors (Lipinski definition) is 5. The fraction of sp³-hybridized carbons (Fsp3) is 0.571. The Morgan fingerprint density at radius 1 is 1.15 bits per heavy atom. The first kappa shape index (κ1) is 18.5. The van der Waals surface area contributed by atoms with Crippen LogP contribution in [-0.4, -0.2) is 74.4 Å². The van der Waals surface area contributed by atoms with E-state index in [0.717, 1.165) is 61.4 Å². The van der Waals surface area contributed by atoms with E-state index in [2.05, 4.69) is 11.0 Å². The molecule has 0 bridgehead atoms. The minimum Gasteiger partial charge on any atom is -0.451 e. The SMILES string of the molecule is Cc1ccc2c(C)c(C(=O)N3CCCO[C@H](CN4CCOCC4)C3)oc2c1. The molecular formula is C21H28N2O4. The summed E-state index contributed by atoms with van der Waals surface area (Å²) < 4.78 is 17.4. The molecule has 3 heterocycles. The van der Waals surface area contributed by atoms with Crippen molar-refractivity contribution < 1.29 is 18.7 Å². The molecule has 2 fully saturated rings. The van der Waals surface area contributed by atoms with E-state index < -0.39 is 0 Å². The molecular weight excluding hydrogens is 344 g/mol. The fourth-order valence-corrected chi connectivity index (χ4v) is 3.94. The van der Waals surface area contributed by atoms with Gasteiger partial charge in [-0.1, -0.05) is 12.1 Å². The quantitative estimate of drug-likeness (QED) is 0.829. The van der Waals surface area contributed by atoms with Gasteiger partial charge in [0.15, 0.2) is 5.76 Å². The van der Waals surface area contributed by atoms with E-state index in [4.69, 9.17) is 13.9 Å². The van der Waals surface area contributed by atoms with Crippen LogP contribution in [0, 0.1) is 13.8 Å². The van der Waals surface area contributed by atoms with Gasteiger partial charge in [-0.15, -0.1) is 0 Å². The highest BCUT2D eigenvalue weighted by molar-refractivity contribution is 5.99. The van der Waals surface area contributed by atoms with Gasteiger partial charge in [-0.3, -0.25) is 9.69 Å². The number of carbonyl (C=O) groups is 1. The Labute approximate surface area is 160 Å². The Morgan fingerprint density at radius 2 is 1.96 bits per heavy atom. The molecule has 6 heteroatoms. The second-order valence-corrected chi connectivity index (χ2v) is 7.57. The highest BCUT2D eigenvalue weighted by Crippen LogP contribution is 2.27. The zero-order valence-corrected chi connectivity index (χ0v) is 16.2.